The molecule has 3 N–H and O–H groups in total. The first-order valence-corrected chi connectivity index (χ1v) is 11.6. The van der Waals surface area contributed by atoms with E-state index in [1.165, 1.54) is 4.90 Å². The lowest BCUT2D eigenvalue weighted by Gasteiger charge is -2.31. The van der Waals surface area contributed by atoms with Crippen molar-refractivity contribution in [1.29, 1.82) is 0 Å². The number of rotatable bonds is 9. The molecule has 0 aliphatic carbocycles. The van der Waals surface area contributed by atoms with Gasteiger partial charge in [0.1, 0.15) is 18.7 Å². The quantitative estimate of drug-likeness (QED) is 0.457. The number of ether oxygens (including phenoxy) is 1. The fourth-order valence-electron chi connectivity index (χ4n) is 4.41. The summed E-state index contributed by atoms with van der Waals surface area (Å²) in [6.07, 6.45) is 0.0911. The summed E-state index contributed by atoms with van der Waals surface area (Å²) in [6, 6.07) is 6.48. The van der Waals surface area contributed by atoms with Crippen molar-refractivity contribution in [1.82, 2.24) is 20.9 Å². The molecule has 0 spiro atoms. The van der Waals surface area contributed by atoms with E-state index in [1.807, 2.05) is 30.3 Å². The lowest BCUT2D eigenvalue weighted by atomic mass is 9.93. The van der Waals surface area contributed by atoms with Crippen LogP contribution < -0.4 is 16.0 Å². The molecule has 2 aliphatic heterocycles. The predicted octanol–water partition coefficient (Wildman–Crippen LogP) is 0.891. The van der Waals surface area contributed by atoms with Crippen LogP contribution in [0.3, 0.4) is 0 Å². The van der Waals surface area contributed by atoms with Crippen molar-refractivity contribution >= 4 is 29.6 Å². The summed E-state index contributed by atoms with van der Waals surface area (Å²) < 4.78 is 5.22. The van der Waals surface area contributed by atoms with E-state index in [2.05, 4.69) is 16.0 Å². The molecule has 2 saturated heterocycles. The van der Waals surface area contributed by atoms with Gasteiger partial charge in [-0.25, -0.2) is 4.79 Å². The largest absolute Gasteiger partial charge is 0.445 e. The van der Waals surface area contributed by atoms with Gasteiger partial charge in [-0.3, -0.25) is 19.2 Å². The molecule has 184 valence electrons. The Bertz CT molecular complexity index is 935. The molecule has 10 heteroatoms. The fourth-order valence-corrected chi connectivity index (χ4v) is 4.41. The number of carbonyl (C=O) groups excluding carboxylic acids is 5. The van der Waals surface area contributed by atoms with Gasteiger partial charge in [0.05, 0.1) is 0 Å². The summed E-state index contributed by atoms with van der Waals surface area (Å²) in [5, 5.41) is 7.87. The Morgan fingerprint density at radius 2 is 1.88 bits per heavy atom. The minimum Gasteiger partial charge on any atom is -0.445 e. The lowest BCUT2D eigenvalue weighted by Crippen LogP contribution is -2.54. The van der Waals surface area contributed by atoms with Crippen molar-refractivity contribution in [2.24, 2.45) is 5.92 Å². The minimum atomic E-state index is -1.10. The highest BCUT2D eigenvalue weighted by Gasteiger charge is 2.47. The van der Waals surface area contributed by atoms with Crippen molar-refractivity contribution in [3.63, 3.8) is 0 Å². The summed E-state index contributed by atoms with van der Waals surface area (Å²) in [7, 11) is 0. The predicted molar refractivity (Wildman–Crippen MR) is 122 cm³/mol. The fraction of sp³-hybridized carbons (Fsp3) is 0.542. The van der Waals surface area contributed by atoms with E-state index in [0.717, 1.165) is 5.56 Å². The Kier molecular flexibility index (Phi) is 8.25. The van der Waals surface area contributed by atoms with Crippen LogP contribution in [0.4, 0.5) is 4.79 Å². The van der Waals surface area contributed by atoms with E-state index in [4.69, 9.17) is 4.74 Å². The van der Waals surface area contributed by atoms with E-state index in [1.54, 1.807) is 20.8 Å². The van der Waals surface area contributed by atoms with E-state index in [9.17, 15) is 24.0 Å². The van der Waals surface area contributed by atoms with Gasteiger partial charge < -0.3 is 25.6 Å². The van der Waals surface area contributed by atoms with Crippen LogP contribution in [0, 0.1) is 5.92 Å². The number of nitrogens with zero attached hydrogens (tertiary/aromatic N) is 1. The molecule has 0 aromatic heterocycles. The number of Topliss-reactive ketones (excluding diaryl/α,β-unsaturated/α-hetero) is 1. The highest BCUT2D eigenvalue weighted by atomic mass is 16.5. The second-order valence-corrected chi connectivity index (χ2v) is 9.11. The number of likely N-dealkylation sites (tertiary alicyclic amines) is 1. The van der Waals surface area contributed by atoms with Gasteiger partial charge >= 0.3 is 6.09 Å². The zero-order valence-electron chi connectivity index (χ0n) is 19.7. The van der Waals surface area contributed by atoms with Crippen LogP contribution in [0.2, 0.25) is 0 Å². The van der Waals surface area contributed by atoms with Crippen LogP contribution in [0.1, 0.15) is 45.6 Å². The summed E-state index contributed by atoms with van der Waals surface area (Å²) in [6.45, 7) is 5.76. The van der Waals surface area contributed by atoms with Crippen LogP contribution in [-0.2, 0) is 30.5 Å². The minimum absolute atomic E-state index is 0.0530. The van der Waals surface area contributed by atoms with Crippen LogP contribution in [0.5, 0.6) is 0 Å². The number of carbonyl (C=O) groups is 5. The maximum atomic E-state index is 13.2. The average Bonchev–Trinajstić information content (AvgIpc) is 3.32. The first-order valence-electron chi connectivity index (χ1n) is 11.6. The Morgan fingerprint density at radius 1 is 1.18 bits per heavy atom. The van der Waals surface area contributed by atoms with Crippen LogP contribution in [0.25, 0.3) is 0 Å². The molecule has 3 rings (SSSR count). The smallest absolute Gasteiger partial charge is 0.408 e. The van der Waals surface area contributed by atoms with Crippen LogP contribution in [-0.4, -0.2) is 65.2 Å². The van der Waals surface area contributed by atoms with E-state index in [0.29, 0.717) is 13.0 Å². The molecule has 10 nitrogen and oxygen atoms in total. The highest BCUT2D eigenvalue weighted by Crippen LogP contribution is 2.28. The number of alkyl carbamates (subject to hydrolysis) is 1. The molecule has 0 bridgehead atoms. The van der Waals surface area contributed by atoms with Gasteiger partial charge in [0.25, 0.3) is 5.91 Å². The monoisotopic (exact) mass is 472 g/mol. The van der Waals surface area contributed by atoms with Crippen LogP contribution >= 0.6 is 0 Å². The summed E-state index contributed by atoms with van der Waals surface area (Å²) in [4.78, 5) is 64.6. The van der Waals surface area contributed by atoms with Gasteiger partial charge in [-0.2, -0.15) is 0 Å². The van der Waals surface area contributed by atoms with Crippen molar-refractivity contribution in [2.45, 2.75) is 70.8 Å². The first kappa shape index (κ1) is 25.2. The number of nitrogens with one attached hydrogen (secondary N) is 3. The second kappa shape index (κ2) is 11.1. The van der Waals surface area contributed by atoms with Crippen molar-refractivity contribution in [3.8, 4) is 0 Å². The number of benzene rings is 1. The zero-order valence-corrected chi connectivity index (χ0v) is 19.7. The van der Waals surface area contributed by atoms with Crippen molar-refractivity contribution in [3.05, 3.63) is 35.9 Å². The standard InChI is InChI=1S/C24H32N4O6/c1-14(2)26-22(31)20(29)19(12-17-9-10-25-21(17)30)28-15(3)11-18(23(28)32)27-24(33)34-13-16-7-5-4-6-8-16/h4-8,14-15,17-19H,9-13H2,1-3H3,(H,25,30)(H,26,31)(H,27,33)/t15?,17?,18-,19-/m0/s1. The maximum Gasteiger partial charge on any atom is 0.408 e. The Hall–Kier alpha value is -3.43. The van der Waals surface area contributed by atoms with Crippen molar-refractivity contribution < 1.29 is 28.7 Å². The molecule has 1 aromatic carbocycles. The summed E-state index contributed by atoms with van der Waals surface area (Å²) in [5.41, 5.74) is 0.807. The van der Waals surface area contributed by atoms with Crippen molar-refractivity contribution in [2.75, 3.05) is 6.54 Å². The average molecular weight is 473 g/mol. The molecule has 2 aliphatic rings. The molecule has 0 saturated carbocycles. The van der Waals surface area contributed by atoms with Gasteiger partial charge in [-0.1, -0.05) is 30.3 Å². The summed E-state index contributed by atoms with van der Waals surface area (Å²) >= 11 is 0. The van der Waals surface area contributed by atoms with Gasteiger partial charge in [-0.05, 0) is 45.6 Å². The van der Waals surface area contributed by atoms with Gasteiger partial charge in [0.2, 0.25) is 17.6 Å². The number of ketones is 1. The molecule has 0 radical (unpaired) electrons. The van der Waals surface area contributed by atoms with E-state index in [-0.39, 0.29) is 31.4 Å². The van der Waals surface area contributed by atoms with Gasteiger partial charge in [0.15, 0.2) is 0 Å². The van der Waals surface area contributed by atoms with E-state index < -0.39 is 47.7 Å². The molecule has 2 fully saturated rings. The topological polar surface area (TPSA) is 134 Å². The Morgan fingerprint density at radius 3 is 2.50 bits per heavy atom. The summed E-state index contributed by atoms with van der Waals surface area (Å²) in [5.74, 6) is -2.69. The third kappa shape index (κ3) is 6.12. The number of hydrogen-bond acceptors (Lipinski definition) is 6. The van der Waals surface area contributed by atoms with Gasteiger partial charge in [0, 0.05) is 24.5 Å². The third-order valence-corrected chi connectivity index (χ3v) is 6.06. The first-order chi connectivity index (χ1) is 16.2. The second-order valence-electron chi connectivity index (χ2n) is 9.11. The molecule has 4 atom stereocenters. The third-order valence-electron chi connectivity index (χ3n) is 6.06. The number of hydrogen-bond donors (Lipinski definition) is 3. The molecule has 1 aromatic rings. The molecule has 34 heavy (non-hydrogen) atoms. The van der Waals surface area contributed by atoms with Gasteiger partial charge in [-0.15, -0.1) is 0 Å². The Labute approximate surface area is 198 Å². The normalized spacial score (nSPS) is 22.9. The highest BCUT2D eigenvalue weighted by molar-refractivity contribution is 6.38. The molecule has 2 unspecified atom stereocenters. The number of amides is 4. The SMILES string of the molecule is CC(C)NC(=O)C(=O)[C@H](CC1CCNC1=O)N1C(=O)[C@@H](NC(=O)OCc2ccccc2)CC1C. The lowest BCUT2D eigenvalue weighted by molar-refractivity contribution is -0.146. The zero-order chi connectivity index (χ0) is 24.8. The van der Waals surface area contributed by atoms with Crippen LogP contribution in [0.15, 0.2) is 30.3 Å². The molecule has 4 amide bonds. The Balaban J connectivity index is 1.70. The molecule has 2 heterocycles. The molecular weight excluding hydrogens is 440 g/mol. The van der Waals surface area contributed by atoms with E-state index >= 15 is 0 Å². The maximum absolute atomic E-state index is 13.2. The molecular formula is C24H32N4O6.